The van der Waals surface area contributed by atoms with Gasteiger partial charge in [0.25, 0.3) is 0 Å². The van der Waals surface area contributed by atoms with Gasteiger partial charge >= 0.3 is 0 Å². The number of aromatic amines is 1. The lowest BCUT2D eigenvalue weighted by molar-refractivity contribution is 0.868. The molecule has 0 spiro atoms. The Kier molecular flexibility index (Phi) is 3.72. The number of nitrogens with one attached hydrogen (secondary N) is 2. The molecular weight excluding hydrogens is 262 g/mol. The predicted molar refractivity (Wildman–Crippen MR) is 76.2 cm³/mol. The van der Waals surface area contributed by atoms with E-state index in [9.17, 15) is 0 Å². The molecule has 0 unspecified atom stereocenters. The highest BCUT2D eigenvalue weighted by molar-refractivity contribution is 6.32. The third-order valence-corrected chi connectivity index (χ3v) is 2.94. The predicted octanol–water partition coefficient (Wildman–Crippen LogP) is 4.18. The van der Waals surface area contributed by atoms with Crippen LogP contribution in [0.5, 0.6) is 0 Å². The minimum absolute atomic E-state index is 0.200. The van der Waals surface area contributed by atoms with Crippen LogP contribution < -0.4 is 5.32 Å². The number of aromatic nitrogens is 3. The van der Waals surface area contributed by atoms with E-state index in [1.165, 1.54) is 0 Å². The zero-order chi connectivity index (χ0) is 14.0. The van der Waals surface area contributed by atoms with Crippen molar-refractivity contribution in [1.29, 1.82) is 0 Å². The Morgan fingerprint density at radius 3 is 2.63 bits per heavy atom. The fraction of sp³-hybridized carbons (Fsp3) is 0.308. The number of rotatable bonds is 3. The summed E-state index contributed by atoms with van der Waals surface area (Å²) in [7, 11) is 0. The van der Waals surface area contributed by atoms with E-state index in [0.717, 1.165) is 11.3 Å². The molecule has 0 bridgehead atoms. The molecule has 0 fully saturated rings. The van der Waals surface area contributed by atoms with Crippen LogP contribution in [-0.4, -0.2) is 15.2 Å². The number of pyridine rings is 1. The van der Waals surface area contributed by atoms with Crippen LogP contribution >= 0.6 is 11.6 Å². The fourth-order valence-electron chi connectivity index (χ4n) is 1.75. The van der Waals surface area contributed by atoms with E-state index in [0.29, 0.717) is 17.3 Å². The van der Waals surface area contributed by atoms with E-state index in [1.807, 2.05) is 32.9 Å². The standard InChI is InChI=1S/C13H14ClN5/c1-7(2)9-6-10(17-13(14)12(9)15-4)16-11-5-8(3)18-19-11/h5-7H,1-3H3,(H2,16,17,18,19). The monoisotopic (exact) mass is 275 g/mol. The Bertz CT molecular complexity index is 639. The molecule has 6 heteroatoms. The minimum atomic E-state index is 0.200. The largest absolute Gasteiger partial charge is 0.324 e. The lowest BCUT2D eigenvalue weighted by Crippen LogP contribution is -1.98. The van der Waals surface area contributed by atoms with Gasteiger partial charge in [-0.05, 0) is 24.5 Å². The van der Waals surface area contributed by atoms with E-state index in [-0.39, 0.29) is 11.1 Å². The molecule has 0 saturated heterocycles. The molecule has 2 rings (SSSR count). The first-order valence-electron chi connectivity index (χ1n) is 5.88. The van der Waals surface area contributed by atoms with Crippen LogP contribution in [0.15, 0.2) is 12.1 Å². The summed E-state index contributed by atoms with van der Waals surface area (Å²) in [5, 5.41) is 10.2. The van der Waals surface area contributed by atoms with E-state index < -0.39 is 0 Å². The minimum Gasteiger partial charge on any atom is -0.324 e. The second-order valence-corrected chi connectivity index (χ2v) is 4.92. The lowest BCUT2D eigenvalue weighted by Gasteiger charge is -2.12. The lowest BCUT2D eigenvalue weighted by atomic mass is 10.0. The Hall–Kier alpha value is -2.06. The molecule has 0 aliphatic heterocycles. The quantitative estimate of drug-likeness (QED) is 0.652. The van der Waals surface area contributed by atoms with Crippen LogP contribution in [0.25, 0.3) is 4.85 Å². The maximum absolute atomic E-state index is 7.18. The average molecular weight is 276 g/mol. The van der Waals surface area contributed by atoms with Crippen molar-refractivity contribution in [3.8, 4) is 0 Å². The highest BCUT2D eigenvalue weighted by atomic mass is 35.5. The second-order valence-electron chi connectivity index (χ2n) is 4.56. The number of nitrogens with zero attached hydrogens (tertiary/aromatic N) is 3. The third kappa shape index (κ3) is 2.85. The summed E-state index contributed by atoms with van der Waals surface area (Å²) in [6, 6.07) is 3.71. The van der Waals surface area contributed by atoms with Crippen molar-refractivity contribution < 1.29 is 0 Å². The van der Waals surface area contributed by atoms with Crippen LogP contribution in [0.4, 0.5) is 17.3 Å². The van der Waals surface area contributed by atoms with Gasteiger partial charge in [0.05, 0.1) is 6.57 Å². The second kappa shape index (κ2) is 5.29. The molecule has 0 radical (unpaired) electrons. The van der Waals surface area contributed by atoms with Gasteiger partial charge in [-0.15, -0.1) is 0 Å². The number of aryl methyl sites for hydroxylation is 1. The van der Waals surface area contributed by atoms with Crippen LogP contribution in [-0.2, 0) is 0 Å². The van der Waals surface area contributed by atoms with Crippen LogP contribution in [0.1, 0.15) is 31.0 Å². The maximum atomic E-state index is 7.18. The molecule has 0 saturated carbocycles. The summed E-state index contributed by atoms with van der Waals surface area (Å²) in [5.41, 5.74) is 2.25. The molecular formula is C13H14ClN5. The molecule has 19 heavy (non-hydrogen) atoms. The van der Waals surface area contributed by atoms with Gasteiger partial charge in [0.1, 0.15) is 11.0 Å². The highest BCUT2D eigenvalue weighted by Gasteiger charge is 2.14. The SMILES string of the molecule is [C-]#[N+]c1c(C(C)C)cc(Nc2cc(C)[nH]n2)nc1Cl. The Labute approximate surface area is 116 Å². The first-order chi connectivity index (χ1) is 9.01. The molecule has 0 aliphatic rings. The van der Waals surface area contributed by atoms with Crippen molar-refractivity contribution in [2.24, 2.45) is 0 Å². The van der Waals surface area contributed by atoms with E-state index in [2.05, 4.69) is 25.3 Å². The normalized spacial score (nSPS) is 10.5. The average Bonchev–Trinajstić information content (AvgIpc) is 2.74. The summed E-state index contributed by atoms with van der Waals surface area (Å²) in [6.07, 6.45) is 0. The van der Waals surface area contributed by atoms with Crippen molar-refractivity contribution in [2.75, 3.05) is 5.32 Å². The molecule has 5 nitrogen and oxygen atoms in total. The van der Waals surface area contributed by atoms with Crippen LogP contribution in [0.2, 0.25) is 5.15 Å². The number of hydrogen-bond acceptors (Lipinski definition) is 3. The van der Waals surface area contributed by atoms with Crippen LogP contribution in [0, 0.1) is 13.5 Å². The summed E-state index contributed by atoms with van der Waals surface area (Å²) in [6.45, 7) is 13.1. The number of anilines is 2. The van der Waals surface area contributed by atoms with Crippen molar-refractivity contribution in [3.63, 3.8) is 0 Å². The van der Waals surface area contributed by atoms with Crippen molar-refractivity contribution in [1.82, 2.24) is 15.2 Å². The fourth-order valence-corrected chi connectivity index (χ4v) is 2.00. The Balaban J connectivity index is 2.40. The van der Waals surface area contributed by atoms with Crippen molar-refractivity contribution >= 4 is 28.9 Å². The molecule has 0 aliphatic carbocycles. The van der Waals surface area contributed by atoms with E-state index in [4.69, 9.17) is 18.2 Å². The Morgan fingerprint density at radius 1 is 1.37 bits per heavy atom. The molecule has 2 N–H and O–H groups in total. The molecule has 0 atom stereocenters. The van der Waals surface area contributed by atoms with Gasteiger partial charge < -0.3 is 5.32 Å². The first kappa shape index (κ1) is 13.4. The summed E-state index contributed by atoms with van der Waals surface area (Å²) in [5.74, 6) is 1.46. The molecule has 2 aromatic heterocycles. The van der Waals surface area contributed by atoms with Crippen molar-refractivity contribution in [2.45, 2.75) is 26.7 Å². The van der Waals surface area contributed by atoms with Crippen LogP contribution in [0.3, 0.4) is 0 Å². The number of halogens is 1. The topological polar surface area (TPSA) is 58.0 Å². The van der Waals surface area contributed by atoms with Gasteiger partial charge in [-0.1, -0.05) is 25.4 Å². The summed E-state index contributed by atoms with van der Waals surface area (Å²) < 4.78 is 0. The molecule has 0 aromatic carbocycles. The number of hydrogen-bond donors (Lipinski definition) is 2. The van der Waals surface area contributed by atoms with Gasteiger partial charge in [0.15, 0.2) is 5.82 Å². The van der Waals surface area contributed by atoms with Gasteiger partial charge in [-0.2, -0.15) is 5.10 Å². The van der Waals surface area contributed by atoms with Crippen molar-refractivity contribution in [3.05, 3.63) is 40.0 Å². The zero-order valence-electron chi connectivity index (χ0n) is 11.0. The summed E-state index contributed by atoms with van der Waals surface area (Å²) in [4.78, 5) is 7.63. The highest BCUT2D eigenvalue weighted by Crippen LogP contribution is 2.35. The van der Waals surface area contributed by atoms with E-state index in [1.54, 1.807) is 0 Å². The smallest absolute Gasteiger partial charge is 0.227 e. The zero-order valence-corrected chi connectivity index (χ0v) is 11.7. The summed E-state index contributed by atoms with van der Waals surface area (Å²) >= 11 is 6.06. The molecule has 0 amide bonds. The van der Waals surface area contributed by atoms with E-state index >= 15 is 0 Å². The molecule has 2 aromatic rings. The first-order valence-corrected chi connectivity index (χ1v) is 6.26. The van der Waals surface area contributed by atoms with Gasteiger partial charge in [-0.25, -0.2) is 9.83 Å². The maximum Gasteiger partial charge on any atom is 0.227 e. The number of H-pyrrole nitrogens is 1. The Morgan fingerprint density at radius 2 is 2.11 bits per heavy atom. The van der Waals surface area contributed by atoms with Gasteiger partial charge in [0, 0.05) is 11.8 Å². The molecule has 2 heterocycles. The molecule has 98 valence electrons. The third-order valence-electron chi connectivity index (χ3n) is 2.68. The van der Waals surface area contributed by atoms with Gasteiger partial charge in [-0.3, -0.25) is 5.10 Å². The van der Waals surface area contributed by atoms with Gasteiger partial charge in [0.2, 0.25) is 5.69 Å².